The third kappa shape index (κ3) is 4.66. The van der Waals surface area contributed by atoms with E-state index in [4.69, 9.17) is 0 Å². The number of nitrogens with one attached hydrogen (secondary N) is 1. The number of rotatable bonds is 5. The average molecular weight is 309 g/mol. The lowest BCUT2D eigenvalue weighted by Gasteiger charge is -2.41. The fourth-order valence-corrected chi connectivity index (χ4v) is 4.62. The van der Waals surface area contributed by atoms with Gasteiger partial charge in [0.2, 0.25) is 0 Å². The molecule has 5 heteroatoms. The minimum absolute atomic E-state index is 0.136. The van der Waals surface area contributed by atoms with Crippen molar-refractivity contribution in [2.75, 3.05) is 6.61 Å². The van der Waals surface area contributed by atoms with Gasteiger partial charge < -0.3 is 10.4 Å². The maximum atomic E-state index is 9.86. The van der Waals surface area contributed by atoms with Crippen molar-refractivity contribution in [2.24, 2.45) is 0 Å². The van der Waals surface area contributed by atoms with Crippen molar-refractivity contribution in [3.05, 3.63) is 17.5 Å². The Hall–Kier alpha value is -0.650. The molecule has 1 heterocycles. The lowest BCUT2D eigenvalue weighted by Crippen LogP contribution is -2.54. The van der Waals surface area contributed by atoms with Crippen LogP contribution in [-0.4, -0.2) is 38.5 Å². The van der Waals surface area contributed by atoms with E-state index in [1.165, 1.54) is 6.42 Å². The van der Waals surface area contributed by atoms with Crippen molar-refractivity contribution in [3.63, 3.8) is 0 Å². The van der Waals surface area contributed by atoms with Gasteiger partial charge in [0.15, 0.2) is 5.16 Å². The van der Waals surface area contributed by atoms with Crippen LogP contribution in [0.1, 0.15) is 50.9 Å². The van der Waals surface area contributed by atoms with E-state index < -0.39 is 0 Å². The lowest BCUT2D eigenvalue weighted by atomic mass is 9.81. The number of hydrogen-bond acceptors (Lipinski definition) is 5. The van der Waals surface area contributed by atoms with Gasteiger partial charge in [-0.15, -0.1) is 0 Å². The van der Waals surface area contributed by atoms with Crippen LogP contribution in [0.4, 0.5) is 0 Å². The van der Waals surface area contributed by atoms with Crippen molar-refractivity contribution in [1.82, 2.24) is 15.3 Å². The predicted octanol–water partition coefficient (Wildman–Crippen LogP) is 2.86. The lowest BCUT2D eigenvalue weighted by molar-refractivity contribution is 0.115. The zero-order valence-corrected chi connectivity index (χ0v) is 14.3. The zero-order chi connectivity index (χ0) is 15.5. The minimum atomic E-state index is -0.136. The number of nitrogens with zero attached hydrogens (tertiary/aromatic N) is 2. The second-order valence-corrected chi connectivity index (χ2v) is 7.77. The average Bonchev–Trinajstić information content (AvgIpc) is 2.37. The zero-order valence-electron chi connectivity index (χ0n) is 13.5. The summed E-state index contributed by atoms with van der Waals surface area (Å²) in [6.07, 6.45) is 4.33. The fourth-order valence-electron chi connectivity index (χ4n) is 3.24. The number of hydrogen-bond donors (Lipinski definition) is 2. The highest BCUT2D eigenvalue weighted by molar-refractivity contribution is 7.99. The van der Waals surface area contributed by atoms with Gasteiger partial charge in [0, 0.05) is 28.2 Å². The molecule has 0 amide bonds. The van der Waals surface area contributed by atoms with E-state index in [1.54, 1.807) is 11.8 Å². The van der Waals surface area contributed by atoms with Crippen molar-refractivity contribution in [3.8, 4) is 0 Å². The SMILES string of the molecule is Cc1cc(C)nc(SC2CCCC(CO)(NC(C)C)C2)n1. The van der Waals surface area contributed by atoms with E-state index in [2.05, 4.69) is 29.1 Å². The summed E-state index contributed by atoms with van der Waals surface area (Å²) >= 11 is 1.76. The van der Waals surface area contributed by atoms with Crippen LogP contribution < -0.4 is 5.32 Å². The van der Waals surface area contributed by atoms with E-state index in [1.807, 2.05) is 19.9 Å². The first-order valence-corrected chi connectivity index (χ1v) is 8.68. The summed E-state index contributed by atoms with van der Waals surface area (Å²) in [7, 11) is 0. The molecule has 0 spiro atoms. The Morgan fingerprint density at radius 1 is 1.38 bits per heavy atom. The van der Waals surface area contributed by atoms with Crippen LogP contribution >= 0.6 is 11.8 Å². The van der Waals surface area contributed by atoms with Gasteiger partial charge in [0.05, 0.1) is 6.61 Å². The summed E-state index contributed by atoms with van der Waals surface area (Å²) in [5.74, 6) is 0. The van der Waals surface area contributed by atoms with E-state index in [0.29, 0.717) is 11.3 Å². The van der Waals surface area contributed by atoms with Crippen LogP contribution in [0.3, 0.4) is 0 Å². The largest absolute Gasteiger partial charge is 0.394 e. The summed E-state index contributed by atoms with van der Waals surface area (Å²) in [4.78, 5) is 9.06. The normalized spacial score (nSPS) is 26.3. The highest BCUT2D eigenvalue weighted by atomic mass is 32.2. The maximum Gasteiger partial charge on any atom is 0.188 e. The molecule has 0 saturated heterocycles. The Balaban J connectivity index is 2.06. The first kappa shape index (κ1) is 16.7. The van der Waals surface area contributed by atoms with Gasteiger partial charge in [-0.2, -0.15) is 0 Å². The topological polar surface area (TPSA) is 58.0 Å². The molecule has 1 aromatic rings. The van der Waals surface area contributed by atoms with Crippen molar-refractivity contribution in [1.29, 1.82) is 0 Å². The number of thioether (sulfide) groups is 1. The summed E-state index contributed by atoms with van der Waals surface area (Å²) in [5.41, 5.74) is 1.91. The van der Waals surface area contributed by atoms with E-state index >= 15 is 0 Å². The van der Waals surface area contributed by atoms with Gasteiger partial charge in [0.1, 0.15) is 0 Å². The highest BCUT2D eigenvalue weighted by Gasteiger charge is 2.36. The molecule has 118 valence electrons. The van der Waals surface area contributed by atoms with Gasteiger partial charge in [-0.25, -0.2) is 9.97 Å². The molecule has 1 aromatic heterocycles. The van der Waals surface area contributed by atoms with Crippen LogP contribution in [0.15, 0.2) is 11.2 Å². The molecule has 1 aliphatic rings. The number of aliphatic hydroxyl groups excluding tert-OH is 1. The van der Waals surface area contributed by atoms with Crippen LogP contribution in [0.25, 0.3) is 0 Å². The highest BCUT2D eigenvalue weighted by Crippen LogP contribution is 2.37. The monoisotopic (exact) mass is 309 g/mol. The minimum Gasteiger partial charge on any atom is -0.394 e. The molecule has 0 aliphatic heterocycles. The summed E-state index contributed by atoms with van der Waals surface area (Å²) < 4.78 is 0. The van der Waals surface area contributed by atoms with Gasteiger partial charge in [0.25, 0.3) is 0 Å². The number of aliphatic hydroxyl groups is 1. The molecular weight excluding hydrogens is 282 g/mol. The third-order valence-corrected chi connectivity index (χ3v) is 5.06. The number of aryl methyl sites for hydroxylation is 2. The quantitative estimate of drug-likeness (QED) is 0.819. The molecule has 0 radical (unpaired) electrons. The molecule has 1 saturated carbocycles. The molecule has 2 atom stereocenters. The second-order valence-electron chi connectivity index (χ2n) is 6.51. The van der Waals surface area contributed by atoms with Crippen LogP contribution in [0, 0.1) is 13.8 Å². The van der Waals surface area contributed by atoms with Crippen molar-refractivity contribution < 1.29 is 5.11 Å². The maximum absolute atomic E-state index is 9.86. The Morgan fingerprint density at radius 3 is 2.62 bits per heavy atom. The summed E-state index contributed by atoms with van der Waals surface area (Å²) in [6.45, 7) is 8.51. The van der Waals surface area contributed by atoms with E-state index in [-0.39, 0.29) is 12.1 Å². The molecule has 4 nitrogen and oxygen atoms in total. The molecule has 1 aliphatic carbocycles. The summed E-state index contributed by atoms with van der Waals surface area (Å²) in [5, 5.41) is 14.8. The Labute approximate surface area is 132 Å². The molecule has 0 aromatic carbocycles. The predicted molar refractivity (Wildman–Crippen MR) is 87.7 cm³/mol. The third-order valence-electron chi connectivity index (χ3n) is 3.93. The van der Waals surface area contributed by atoms with Crippen LogP contribution in [0.2, 0.25) is 0 Å². The first-order chi connectivity index (χ1) is 9.92. The molecule has 2 N–H and O–H groups in total. The molecule has 21 heavy (non-hydrogen) atoms. The van der Waals surface area contributed by atoms with Crippen molar-refractivity contribution >= 4 is 11.8 Å². The van der Waals surface area contributed by atoms with E-state index in [0.717, 1.165) is 35.8 Å². The fraction of sp³-hybridized carbons (Fsp3) is 0.750. The number of aromatic nitrogens is 2. The molecule has 2 rings (SSSR count). The van der Waals surface area contributed by atoms with Gasteiger partial charge in [-0.1, -0.05) is 32.0 Å². The van der Waals surface area contributed by atoms with Gasteiger partial charge in [-0.05, 0) is 39.2 Å². The smallest absolute Gasteiger partial charge is 0.188 e. The molecule has 0 bridgehead atoms. The second kappa shape index (κ2) is 7.07. The molecule has 1 fully saturated rings. The summed E-state index contributed by atoms with van der Waals surface area (Å²) in [6, 6.07) is 2.39. The van der Waals surface area contributed by atoms with Crippen molar-refractivity contribution in [2.45, 2.75) is 75.4 Å². The van der Waals surface area contributed by atoms with Gasteiger partial charge >= 0.3 is 0 Å². The van der Waals surface area contributed by atoms with E-state index in [9.17, 15) is 5.11 Å². The first-order valence-electron chi connectivity index (χ1n) is 7.80. The van der Waals surface area contributed by atoms with Crippen LogP contribution in [0.5, 0.6) is 0 Å². The van der Waals surface area contributed by atoms with Crippen LogP contribution in [-0.2, 0) is 0 Å². The molecular formula is C16H27N3OS. The van der Waals surface area contributed by atoms with Gasteiger partial charge in [-0.3, -0.25) is 0 Å². The Morgan fingerprint density at radius 2 is 2.05 bits per heavy atom. The Kier molecular flexibility index (Phi) is 5.63. The standard InChI is InChI=1S/C16H27N3OS/c1-11(2)19-16(10-20)7-5-6-14(9-16)21-15-17-12(3)8-13(4)18-15/h8,11,14,19-20H,5-7,9-10H2,1-4H3. The Bertz CT molecular complexity index is 460. The molecule has 2 unspecified atom stereocenters.